The second-order valence-corrected chi connectivity index (χ2v) is 5.81. The van der Waals surface area contributed by atoms with Gasteiger partial charge in [-0.25, -0.2) is 0 Å². The number of thioether (sulfide) groups is 1. The van der Waals surface area contributed by atoms with Gasteiger partial charge in [0.15, 0.2) is 5.17 Å². The Hall–Kier alpha value is -1.00. The maximum atomic E-state index is 4.59. The van der Waals surface area contributed by atoms with Gasteiger partial charge in [-0.15, -0.1) is 0 Å². The van der Waals surface area contributed by atoms with Crippen LogP contribution in [0.4, 0.5) is 0 Å². The molecule has 1 aromatic rings. The standard InChI is InChI=1S/C15H23N3S/c1-3-18(4-2)11-10-16-15-17-12-14(19-15)13-8-6-5-7-9-13/h5-9,14H,3-4,10-12H2,1-2H3,(H,16,17). The molecule has 0 fully saturated rings. The van der Waals surface area contributed by atoms with Crippen LogP contribution in [0.15, 0.2) is 35.3 Å². The summed E-state index contributed by atoms with van der Waals surface area (Å²) < 4.78 is 0. The minimum Gasteiger partial charge on any atom is -0.364 e. The summed E-state index contributed by atoms with van der Waals surface area (Å²) in [5.41, 5.74) is 1.37. The van der Waals surface area contributed by atoms with Gasteiger partial charge in [0.2, 0.25) is 0 Å². The van der Waals surface area contributed by atoms with Gasteiger partial charge in [-0.1, -0.05) is 55.9 Å². The molecule has 3 nitrogen and oxygen atoms in total. The Morgan fingerprint density at radius 1 is 1.26 bits per heavy atom. The van der Waals surface area contributed by atoms with E-state index in [4.69, 9.17) is 0 Å². The fraction of sp³-hybridized carbons (Fsp3) is 0.533. The van der Waals surface area contributed by atoms with E-state index >= 15 is 0 Å². The Kier molecular flexibility index (Phi) is 5.73. The van der Waals surface area contributed by atoms with E-state index in [-0.39, 0.29) is 0 Å². The molecule has 0 bridgehead atoms. The molecule has 0 saturated carbocycles. The van der Waals surface area contributed by atoms with Gasteiger partial charge in [0.25, 0.3) is 0 Å². The highest BCUT2D eigenvalue weighted by Gasteiger charge is 2.20. The van der Waals surface area contributed by atoms with E-state index in [1.54, 1.807) is 0 Å². The lowest BCUT2D eigenvalue weighted by Crippen LogP contribution is -2.33. The predicted octanol–water partition coefficient (Wildman–Crippen LogP) is 2.76. The maximum Gasteiger partial charge on any atom is 0.157 e. The molecule has 1 aliphatic rings. The molecule has 1 aromatic carbocycles. The smallest absolute Gasteiger partial charge is 0.157 e. The van der Waals surface area contributed by atoms with E-state index in [9.17, 15) is 0 Å². The van der Waals surface area contributed by atoms with Crippen LogP contribution in [0.1, 0.15) is 24.7 Å². The molecule has 19 heavy (non-hydrogen) atoms. The third kappa shape index (κ3) is 4.25. The third-order valence-corrected chi connectivity index (χ3v) is 4.63. The number of rotatable bonds is 6. The van der Waals surface area contributed by atoms with Crippen LogP contribution in [0.25, 0.3) is 0 Å². The van der Waals surface area contributed by atoms with Crippen LogP contribution in [-0.2, 0) is 0 Å². The Morgan fingerprint density at radius 2 is 2.00 bits per heavy atom. The molecule has 0 saturated heterocycles. The lowest BCUT2D eigenvalue weighted by molar-refractivity contribution is 0.309. The molecule has 1 N–H and O–H groups in total. The van der Waals surface area contributed by atoms with Crippen LogP contribution in [0.5, 0.6) is 0 Å². The first-order chi connectivity index (χ1) is 9.33. The second-order valence-electron chi connectivity index (χ2n) is 4.62. The van der Waals surface area contributed by atoms with E-state index < -0.39 is 0 Å². The lowest BCUT2D eigenvalue weighted by Gasteiger charge is -2.18. The summed E-state index contributed by atoms with van der Waals surface area (Å²) in [6.07, 6.45) is 0. The van der Waals surface area contributed by atoms with Crippen molar-refractivity contribution in [3.63, 3.8) is 0 Å². The Morgan fingerprint density at radius 3 is 2.68 bits per heavy atom. The minimum atomic E-state index is 0.483. The number of hydrogen-bond donors (Lipinski definition) is 1. The number of amidine groups is 1. The molecule has 0 spiro atoms. The maximum absolute atomic E-state index is 4.59. The Balaban J connectivity index is 1.73. The molecular weight excluding hydrogens is 254 g/mol. The largest absolute Gasteiger partial charge is 0.364 e. The first kappa shape index (κ1) is 14.4. The molecule has 0 aliphatic carbocycles. The van der Waals surface area contributed by atoms with Gasteiger partial charge < -0.3 is 10.2 Å². The third-order valence-electron chi connectivity index (χ3n) is 3.42. The van der Waals surface area contributed by atoms with Gasteiger partial charge in [0, 0.05) is 13.1 Å². The molecule has 4 heteroatoms. The van der Waals surface area contributed by atoms with Crippen LogP contribution < -0.4 is 5.32 Å². The highest BCUT2D eigenvalue weighted by molar-refractivity contribution is 8.14. The van der Waals surface area contributed by atoms with Crippen molar-refractivity contribution in [2.75, 3.05) is 32.7 Å². The van der Waals surface area contributed by atoms with Gasteiger partial charge >= 0.3 is 0 Å². The van der Waals surface area contributed by atoms with Gasteiger partial charge in [-0.2, -0.15) is 0 Å². The number of nitrogens with zero attached hydrogens (tertiary/aromatic N) is 2. The van der Waals surface area contributed by atoms with Gasteiger partial charge in [0.05, 0.1) is 11.8 Å². The Bertz CT molecular complexity index is 401. The van der Waals surface area contributed by atoms with Gasteiger partial charge in [0.1, 0.15) is 0 Å². The zero-order valence-corrected chi connectivity index (χ0v) is 12.6. The first-order valence-corrected chi connectivity index (χ1v) is 7.93. The van der Waals surface area contributed by atoms with E-state index in [2.05, 4.69) is 59.4 Å². The second kappa shape index (κ2) is 7.56. The Labute approximate surface area is 120 Å². The van der Waals surface area contributed by atoms with Gasteiger partial charge in [-0.3, -0.25) is 4.99 Å². The highest BCUT2D eigenvalue weighted by Crippen LogP contribution is 2.33. The molecule has 1 atom stereocenters. The van der Waals surface area contributed by atoms with Crippen LogP contribution >= 0.6 is 11.8 Å². The average Bonchev–Trinajstić information content (AvgIpc) is 2.93. The molecule has 2 rings (SSSR count). The fourth-order valence-corrected chi connectivity index (χ4v) is 3.22. The molecule has 0 radical (unpaired) electrons. The topological polar surface area (TPSA) is 27.6 Å². The summed E-state index contributed by atoms with van der Waals surface area (Å²) in [5, 5.41) is 5.03. The summed E-state index contributed by atoms with van der Waals surface area (Å²) >= 11 is 1.85. The fourth-order valence-electron chi connectivity index (χ4n) is 2.17. The summed E-state index contributed by atoms with van der Waals surface area (Å²) in [7, 11) is 0. The van der Waals surface area contributed by atoms with Crippen molar-refractivity contribution < 1.29 is 0 Å². The van der Waals surface area contributed by atoms with E-state index in [0.717, 1.165) is 37.9 Å². The van der Waals surface area contributed by atoms with Crippen LogP contribution in [-0.4, -0.2) is 42.8 Å². The first-order valence-electron chi connectivity index (χ1n) is 7.05. The van der Waals surface area contributed by atoms with E-state index in [0.29, 0.717) is 5.25 Å². The van der Waals surface area contributed by atoms with Crippen LogP contribution in [0, 0.1) is 0 Å². The normalized spacial score (nSPS) is 18.7. The quantitative estimate of drug-likeness (QED) is 0.866. The van der Waals surface area contributed by atoms with Crippen molar-refractivity contribution in [3.05, 3.63) is 35.9 Å². The summed E-state index contributed by atoms with van der Waals surface area (Å²) in [6, 6.07) is 10.6. The van der Waals surface area contributed by atoms with Gasteiger partial charge in [-0.05, 0) is 18.7 Å². The SMILES string of the molecule is CCN(CC)CCNC1=NCC(c2ccccc2)S1. The zero-order chi connectivity index (χ0) is 13.5. The number of hydrogen-bond acceptors (Lipinski definition) is 4. The zero-order valence-electron chi connectivity index (χ0n) is 11.8. The number of aliphatic imine (C=N–C) groups is 1. The molecule has 1 unspecified atom stereocenters. The number of nitrogens with one attached hydrogen (secondary N) is 1. The minimum absolute atomic E-state index is 0.483. The van der Waals surface area contributed by atoms with Crippen molar-refractivity contribution in [1.29, 1.82) is 0 Å². The average molecular weight is 277 g/mol. The monoisotopic (exact) mass is 277 g/mol. The molecule has 1 heterocycles. The summed E-state index contributed by atoms with van der Waals surface area (Å²) in [5.74, 6) is 0. The molecule has 0 aromatic heterocycles. The highest BCUT2D eigenvalue weighted by atomic mass is 32.2. The molecule has 104 valence electrons. The number of likely N-dealkylation sites (N-methyl/N-ethyl adjacent to an activating group) is 1. The van der Waals surface area contributed by atoms with Crippen LogP contribution in [0.3, 0.4) is 0 Å². The predicted molar refractivity (Wildman–Crippen MR) is 84.9 cm³/mol. The van der Waals surface area contributed by atoms with Crippen molar-refractivity contribution in [3.8, 4) is 0 Å². The number of benzene rings is 1. The van der Waals surface area contributed by atoms with Crippen molar-refractivity contribution in [1.82, 2.24) is 10.2 Å². The van der Waals surface area contributed by atoms with Crippen molar-refractivity contribution in [2.45, 2.75) is 19.1 Å². The summed E-state index contributed by atoms with van der Waals surface area (Å²) in [4.78, 5) is 7.01. The van der Waals surface area contributed by atoms with Crippen LogP contribution in [0.2, 0.25) is 0 Å². The molecule has 0 amide bonds. The van der Waals surface area contributed by atoms with Crippen molar-refractivity contribution >= 4 is 16.9 Å². The van der Waals surface area contributed by atoms with E-state index in [1.165, 1.54) is 5.56 Å². The summed E-state index contributed by atoms with van der Waals surface area (Å²) in [6.45, 7) is 9.60. The molecule has 1 aliphatic heterocycles. The lowest BCUT2D eigenvalue weighted by atomic mass is 10.1. The van der Waals surface area contributed by atoms with E-state index in [1.807, 2.05) is 11.8 Å². The molecular formula is C15H23N3S. The van der Waals surface area contributed by atoms with Crippen molar-refractivity contribution in [2.24, 2.45) is 4.99 Å².